The van der Waals surface area contributed by atoms with E-state index in [0.717, 1.165) is 17.9 Å². The van der Waals surface area contributed by atoms with Crippen molar-refractivity contribution in [1.29, 1.82) is 0 Å². The zero-order valence-corrected chi connectivity index (χ0v) is 12.8. The Balaban J connectivity index is 2.70. The lowest BCUT2D eigenvalue weighted by Gasteiger charge is -2.19. The summed E-state index contributed by atoms with van der Waals surface area (Å²) in [7, 11) is 0. The average molecular weight is 275 g/mol. The number of hydrogen-bond donors (Lipinski definition) is 1. The number of hydrogen-bond acceptors (Lipinski definition) is 2. The molecular weight excluding hydrogens is 253 g/mol. The highest BCUT2D eigenvalue weighted by atomic mass is 19.1. The molecule has 2 rings (SSSR count). The third-order valence-electron chi connectivity index (χ3n) is 3.37. The molecule has 0 unspecified atom stereocenters. The lowest BCUT2D eigenvalue weighted by molar-refractivity contribution is 0.508. The first-order valence-corrected chi connectivity index (χ1v) is 6.88. The van der Waals surface area contributed by atoms with Gasteiger partial charge in [0.2, 0.25) is 0 Å². The molecule has 0 amide bonds. The largest absolute Gasteiger partial charge is 0.383 e. The molecule has 0 aliphatic rings. The molecule has 108 valence electrons. The highest BCUT2D eigenvalue weighted by Gasteiger charge is 2.25. The molecule has 1 aromatic carbocycles. The Morgan fingerprint density at radius 3 is 2.45 bits per heavy atom. The number of nitrogens with two attached hydrogens (primary N) is 1. The standard InChI is InChI=1S/C16H22FN3/c1-6-20-14(18)13(19-15(20)16(3,4)5)11-9-10(2)7-8-12(11)17/h7-9H,6,18H2,1-5H3. The Hall–Kier alpha value is -1.84. The van der Waals surface area contributed by atoms with Crippen LogP contribution in [0.1, 0.15) is 39.1 Å². The third-order valence-corrected chi connectivity index (χ3v) is 3.37. The summed E-state index contributed by atoms with van der Waals surface area (Å²) < 4.78 is 16.0. The third kappa shape index (κ3) is 2.42. The molecule has 0 fully saturated rings. The second-order valence-electron chi connectivity index (χ2n) is 6.15. The first kappa shape index (κ1) is 14.6. The van der Waals surface area contributed by atoms with Crippen LogP contribution in [0, 0.1) is 12.7 Å². The van der Waals surface area contributed by atoms with E-state index in [-0.39, 0.29) is 11.2 Å². The average Bonchev–Trinajstić information content (AvgIpc) is 2.69. The molecule has 0 radical (unpaired) electrons. The van der Waals surface area contributed by atoms with E-state index in [2.05, 4.69) is 25.8 Å². The summed E-state index contributed by atoms with van der Waals surface area (Å²) in [5.74, 6) is 1.12. The first-order chi connectivity index (χ1) is 9.25. The van der Waals surface area contributed by atoms with Gasteiger partial charge >= 0.3 is 0 Å². The van der Waals surface area contributed by atoms with Gasteiger partial charge in [-0.3, -0.25) is 0 Å². The van der Waals surface area contributed by atoms with Crippen LogP contribution < -0.4 is 5.73 Å². The smallest absolute Gasteiger partial charge is 0.132 e. The summed E-state index contributed by atoms with van der Waals surface area (Å²) in [6, 6.07) is 5.00. The van der Waals surface area contributed by atoms with E-state index in [1.807, 2.05) is 18.4 Å². The van der Waals surface area contributed by atoms with E-state index in [1.54, 1.807) is 12.1 Å². The molecule has 0 bridgehead atoms. The van der Waals surface area contributed by atoms with Crippen LogP contribution in [0.3, 0.4) is 0 Å². The van der Waals surface area contributed by atoms with Crippen LogP contribution in [0.15, 0.2) is 18.2 Å². The minimum absolute atomic E-state index is 0.136. The topological polar surface area (TPSA) is 43.8 Å². The van der Waals surface area contributed by atoms with Gasteiger partial charge in [0.05, 0.1) is 0 Å². The van der Waals surface area contributed by atoms with Crippen molar-refractivity contribution in [2.24, 2.45) is 0 Å². The number of benzene rings is 1. The SMILES string of the molecule is CCn1c(C(C)(C)C)nc(-c2cc(C)ccc2F)c1N. The second-order valence-corrected chi connectivity index (χ2v) is 6.15. The molecule has 0 aliphatic heterocycles. The van der Waals surface area contributed by atoms with Gasteiger partial charge in [-0.05, 0) is 26.0 Å². The molecule has 0 aliphatic carbocycles. The van der Waals surface area contributed by atoms with Gasteiger partial charge in [0.1, 0.15) is 23.2 Å². The zero-order valence-electron chi connectivity index (χ0n) is 12.8. The van der Waals surface area contributed by atoms with Crippen LogP contribution in [0.25, 0.3) is 11.3 Å². The molecule has 0 spiro atoms. The van der Waals surface area contributed by atoms with Gasteiger partial charge in [-0.25, -0.2) is 9.37 Å². The highest BCUT2D eigenvalue weighted by molar-refractivity contribution is 5.72. The molecule has 4 heteroatoms. The Kier molecular flexibility index (Phi) is 3.59. The van der Waals surface area contributed by atoms with E-state index in [4.69, 9.17) is 5.73 Å². The number of nitrogen functional groups attached to an aromatic ring is 1. The zero-order chi connectivity index (χ0) is 15.1. The van der Waals surface area contributed by atoms with Crippen molar-refractivity contribution in [3.63, 3.8) is 0 Å². The number of aromatic nitrogens is 2. The number of halogens is 1. The highest BCUT2D eigenvalue weighted by Crippen LogP contribution is 2.33. The van der Waals surface area contributed by atoms with Crippen LogP contribution in [-0.4, -0.2) is 9.55 Å². The lowest BCUT2D eigenvalue weighted by atomic mass is 9.95. The van der Waals surface area contributed by atoms with Gasteiger partial charge in [0.15, 0.2) is 0 Å². The van der Waals surface area contributed by atoms with Crippen LogP contribution >= 0.6 is 0 Å². The first-order valence-electron chi connectivity index (χ1n) is 6.88. The maximum absolute atomic E-state index is 14.1. The summed E-state index contributed by atoms with van der Waals surface area (Å²) in [5.41, 5.74) is 8.06. The van der Waals surface area contributed by atoms with Gasteiger partial charge in [-0.2, -0.15) is 0 Å². The fourth-order valence-electron chi connectivity index (χ4n) is 2.38. The van der Waals surface area contributed by atoms with Gasteiger partial charge in [0.25, 0.3) is 0 Å². The summed E-state index contributed by atoms with van der Waals surface area (Å²) in [5, 5.41) is 0. The molecule has 0 saturated carbocycles. The van der Waals surface area contributed by atoms with Gasteiger partial charge in [0, 0.05) is 17.5 Å². The van der Waals surface area contributed by atoms with Crippen molar-refractivity contribution in [3.8, 4) is 11.3 Å². The monoisotopic (exact) mass is 275 g/mol. The Morgan fingerprint density at radius 2 is 1.95 bits per heavy atom. The number of nitrogens with zero attached hydrogens (tertiary/aromatic N) is 2. The van der Waals surface area contributed by atoms with Crippen molar-refractivity contribution in [2.75, 3.05) is 5.73 Å². The number of rotatable bonds is 2. The normalized spacial score (nSPS) is 11.9. The molecule has 1 aromatic heterocycles. The van der Waals surface area contributed by atoms with Crippen LogP contribution in [-0.2, 0) is 12.0 Å². The minimum atomic E-state index is -0.288. The van der Waals surface area contributed by atoms with Crippen molar-refractivity contribution in [3.05, 3.63) is 35.4 Å². The van der Waals surface area contributed by atoms with E-state index >= 15 is 0 Å². The lowest BCUT2D eigenvalue weighted by Crippen LogP contribution is -2.19. The van der Waals surface area contributed by atoms with Gasteiger partial charge in [-0.1, -0.05) is 32.4 Å². The Bertz CT molecular complexity index is 636. The molecule has 1 heterocycles. The Morgan fingerprint density at radius 1 is 1.30 bits per heavy atom. The predicted octanol–water partition coefficient (Wildman–Crippen LogP) is 3.90. The fraction of sp³-hybridized carbons (Fsp3) is 0.438. The molecule has 20 heavy (non-hydrogen) atoms. The number of imidazole rings is 1. The van der Waals surface area contributed by atoms with E-state index in [9.17, 15) is 4.39 Å². The van der Waals surface area contributed by atoms with Crippen LogP contribution in [0.2, 0.25) is 0 Å². The number of anilines is 1. The van der Waals surface area contributed by atoms with Crippen molar-refractivity contribution < 1.29 is 4.39 Å². The molecular formula is C16H22FN3. The van der Waals surface area contributed by atoms with Crippen LogP contribution in [0.5, 0.6) is 0 Å². The predicted molar refractivity (Wildman–Crippen MR) is 81.1 cm³/mol. The summed E-state index contributed by atoms with van der Waals surface area (Å²) >= 11 is 0. The minimum Gasteiger partial charge on any atom is -0.383 e. The van der Waals surface area contributed by atoms with Crippen molar-refractivity contribution in [2.45, 2.75) is 46.6 Å². The molecule has 2 aromatic rings. The van der Waals surface area contributed by atoms with Crippen molar-refractivity contribution >= 4 is 5.82 Å². The van der Waals surface area contributed by atoms with Gasteiger partial charge < -0.3 is 10.3 Å². The second kappa shape index (κ2) is 4.93. The fourth-order valence-corrected chi connectivity index (χ4v) is 2.38. The molecule has 0 atom stereocenters. The summed E-state index contributed by atoms with van der Waals surface area (Å²) in [6.45, 7) is 10.9. The number of aryl methyl sites for hydroxylation is 1. The Labute approximate surface area is 119 Å². The van der Waals surface area contributed by atoms with E-state index in [1.165, 1.54) is 6.07 Å². The van der Waals surface area contributed by atoms with Crippen molar-refractivity contribution in [1.82, 2.24) is 9.55 Å². The van der Waals surface area contributed by atoms with Gasteiger partial charge in [-0.15, -0.1) is 0 Å². The van der Waals surface area contributed by atoms with E-state index < -0.39 is 0 Å². The maximum Gasteiger partial charge on any atom is 0.132 e. The van der Waals surface area contributed by atoms with E-state index in [0.29, 0.717) is 17.1 Å². The molecule has 0 saturated heterocycles. The molecule has 3 nitrogen and oxygen atoms in total. The quantitative estimate of drug-likeness (QED) is 0.903. The molecule has 2 N–H and O–H groups in total. The summed E-state index contributed by atoms with van der Waals surface area (Å²) in [6.07, 6.45) is 0. The van der Waals surface area contributed by atoms with Crippen LogP contribution in [0.4, 0.5) is 10.2 Å². The maximum atomic E-state index is 14.1. The summed E-state index contributed by atoms with van der Waals surface area (Å²) in [4.78, 5) is 4.62.